The molecule has 1 aliphatic rings. The number of para-hydroxylation sites is 1. The van der Waals surface area contributed by atoms with Crippen LogP contribution in [0.25, 0.3) is 11.6 Å². The largest absolute Gasteiger partial charge is 0.358 e. The third-order valence-electron chi connectivity index (χ3n) is 6.76. The Morgan fingerprint density at radius 2 is 1.98 bits per heavy atom. The molecular weight excluding hydrogens is 550 g/mol. The standard InChI is InChI=1S/C27H25N7O6S/c1-16-23(30-17(2)25(16)27(36)28-9-11-33-12-10-29-32-33)14-21-20-13-19(7-8-22(20)31-26(21)35)41(39,40)15-18-5-3-4-6-24(18)34(37)38/h3-8,10,12-14,30H,9,11,15H2,1-2H3,(H,28,36)(H,31,35)/b21-14-. The molecule has 41 heavy (non-hydrogen) atoms. The van der Waals surface area contributed by atoms with E-state index in [-0.39, 0.29) is 27.6 Å². The first-order valence-corrected chi connectivity index (χ1v) is 14.1. The highest BCUT2D eigenvalue weighted by molar-refractivity contribution is 7.90. The molecule has 0 fully saturated rings. The first-order valence-electron chi connectivity index (χ1n) is 12.5. The van der Waals surface area contributed by atoms with Crippen molar-refractivity contribution in [3.63, 3.8) is 0 Å². The Hall–Kier alpha value is -5.11. The first-order chi connectivity index (χ1) is 19.5. The Balaban J connectivity index is 1.42. The molecule has 1 aliphatic heterocycles. The van der Waals surface area contributed by atoms with Crippen molar-refractivity contribution in [3.05, 3.63) is 98.6 Å². The molecule has 3 heterocycles. The number of fused-ring (bicyclic) bond motifs is 1. The van der Waals surface area contributed by atoms with Gasteiger partial charge >= 0.3 is 0 Å². The van der Waals surface area contributed by atoms with Gasteiger partial charge < -0.3 is 15.6 Å². The van der Waals surface area contributed by atoms with Gasteiger partial charge in [-0.05, 0) is 43.7 Å². The second-order valence-corrected chi connectivity index (χ2v) is 11.4. The predicted molar refractivity (Wildman–Crippen MR) is 150 cm³/mol. The van der Waals surface area contributed by atoms with Crippen LogP contribution in [0.5, 0.6) is 0 Å². The Labute approximate surface area is 234 Å². The number of nitro benzene ring substituents is 1. The molecule has 0 saturated heterocycles. The van der Waals surface area contributed by atoms with Gasteiger partial charge in [0.25, 0.3) is 17.5 Å². The Kier molecular flexibility index (Phi) is 7.24. The topological polar surface area (TPSA) is 182 Å². The van der Waals surface area contributed by atoms with Crippen LogP contribution >= 0.6 is 0 Å². The lowest BCUT2D eigenvalue weighted by Crippen LogP contribution is -2.28. The first kappa shape index (κ1) is 27.5. The normalized spacial score (nSPS) is 13.7. The van der Waals surface area contributed by atoms with Gasteiger partial charge in [-0.25, -0.2) is 8.42 Å². The molecule has 0 aliphatic carbocycles. The van der Waals surface area contributed by atoms with E-state index in [2.05, 4.69) is 25.9 Å². The zero-order chi connectivity index (χ0) is 29.3. The highest BCUT2D eigenvalue weighted by atomic mass is 32.2. The summed E-state index contributed by atoms with van der Waals surface area (Å²) in [7, 11) is -3.99. The zero-order valence-corrected chi connectivity index (χ0v) is 22.9. The number of nitrogens with one attached hydrogen (secondary N) is 3. The van der Waals surface area contributed by atoms with Crippen molar-refractivity contribution in [2.24, 2.45) is 0 Å². The van der Waals surface area contributed by atoms with E-state index >= 15 is 0 Å². The van der Waals surface area contributed by atoms with Crippen molar-refractivity contribution in [1.82, 2.24) is 25.3 Å². The quantitative estimate of drug-likeness (QED) is 0.155. The van der Waals surface area contributed by atoms with E-state index in [4.69, 9.17) is 0 Å². The smallest absolute Gasteiger partial charge is 0.273 e. The minimum absolute atomic E-state index is 0.0625. The van der Waals surface area contributed by atoms with Gasteiger partial charge in [-0.15, -0.1) is 5.10 Å². The SMILES string of the molecule is Cc1[nH]c(/C=C2\C(=O)Nc3ccc(S(=O)(=O)Cc4ccccc4[N+](=O)[O-])cc32)c(C)c1C(=O)NCCn1ccnn1. The van der Waals surface area contributed by atoms with E-state index < -0.39 is 26.4 Å². The number of nitro groups is 1. The zero-order valence-electron chi connectivity index (χ0n) is 22.0. The molecule has 210 valence electrons. The number of carbonyl (C=O) groups excluding carboxylic acids is 2. The van der Waals surface area contributed by atoms with E-state index in [0.29, 0.717) is 46.9 Å². The fourth-order valence-corrected chi connectivity index (χ4v) is 6.12. The highest BCUT2D eigenvalue weighted by Crippen LogP contribution is 2.36. The van der Waals surface area contributed by atoms with Gasteiger partial charge in [-0.3, -0.25) is 24.4 Å². The summed E-state index contributed by atoms with van der Waals surface area (Å²) in [6.45, 7) is 4.29. The summed E-state index contributed by atoms with van der Waals surface area (Å²) in [6, 6.07) is 9.89. The molecule has 0 radical (unpaired) electrons. The molecule has 5 rings (SSSR count). The summed E-state index contributed by atoms with van der Waals surface area (Å²) < 4.78 is 28.1. The molecule has 3 N–H and O–H groups in total. The molecule has 0 unspecified atom stereocenters. The van der Waals surface area contributed by atoms with E-state index in [1.165, 1.54) is 42.5 Å². The monoisotopic (exact) mass is 575 g/mol. The molecule has 13 nitrogen and oxygen atoms in total. The van der Waals surface area contributed by atoms with E-state index in [9.17, 15) is 28.1 Å². The third-order valence-corrected chi connectivity index (χ3v) is 8.42. The van der Waals surface area contributed by atoms with Crippen LogP contribution in [0, 0.1) is 24.0 Å². The van der Waals surface area contributed by atoms with Gasteiger partial charge in [0.2, 0.25) is 0 Å². The van der Waals surface area contributed by atoms with Crippen molar-refractivity contribution >= 4 is 44.7 Å². The highest BCUT2D eigenvalue weighted by Gasteiger charge is 2.29. The van der Waals surface area contributed by atoms with Crippen LogP contribution in [0.2, 0.25) is 0 Å². The maximum absolute atomic E-state index is 13.3. The number of aromatic amines is 1. The number of amides is 2. The molecular formula is C27H25N7O6S. The van der Waals surface area contributed by atoms with E-state index in [1.54, 1.807) is 37.0 Å². The minimum atomic E-state index is -3.99. The van der Waals surface area contributed by atoms with Crippen molar-refractivity contribution in [3.8, 4) is 0 Å². The third kappa shape index (κ3) is 5.49. The number of rotatable bonds is 9. The number of hydrogen-bond donors (Lipinski definition) is 3. The maximum Gasteiger partial charge on any atom is 0.273 e. The van der Waals surface area contributed by atoms with Gasteiger partial charge in [0, 0.05) is 47.0 Å². The lowest BCUT2D eigenvalue weighted by Gasteiger charge is -2.08. The van der Waals surface area contributed by atoms with Crippen LogP contribution < -0.4 is 10.6 Å². The summed E-state index contributed by atoms with van der Waals surface area (Å²) in [5, 5.41) is 24.5. The number of benzene rings is 2. The number of H-pyrrole nitrogens is 1. The minimum Gasteiger partial charge on any atom is -0.358 e. The second kappa shape index (κ2) is 10.8. The Bertz CT molecular complexity index is 1820. The number of sulfone groups is 1. The van der Waals surface area contributed by atoms with Gasteiger partial charge in [-0.1, -0.05) is 23.4 Å². The summed E-state index contributed by atoms with van der Waals surface area (Å²) >= 11 is 0. The molecule has 0 bridgehead atoms. The molecule has 0 saturated carbocycles. The van der Waals surface area contributed by atoms with Crippen LogP contribution in [0.4, 0.5) is 11.4 Å². The molecule has 4 aromatic rings. The van der Waals surface area contributed by atoms with Gasteiger partial charge in [0.05, 0.1) is 39.4 Å². The van der Waals surface area contributed by atoms with Crippen LogP contribution in [-0.4, -0.2) is 51.7 Å². The van der Waals surface area contributed by atoms with Gasteiger partial charge in [0.1, 0.15) is 0 Å². The van der Waals surface area contributed by atoms with Crippen LogP contribution in [0.3, 0.4) is 0 Å². The van der Waals surface area contributed by atoms with Gasteiger partial charge in [0.15, 0.2) is 9.84 Å². The fraction of sp³-hybridized carbons (Fsp3) is 0.185. The van der Waals surface area contributed by atoms with Crippen molar-refractivity contribution < 1.29 is 22.9 Å². The van der Waals surface area contributed by atoms with Crippen LogP contribution in [-0.2, 0) is 26.9 Å². The summed E-state index contributed by atoms with van der Waals surface area (Å²) in [5.74, 6) is -1.30. The predicted octanol–water partition coefficient (Wildman–Crippen LogP) is 3.03. The summed E-state index contributed by atoms with van der Waals surface area (Å²) in [4.78, 5) is 39.6. The number of aryl methyl sites for hydroxylation is 1. The number of nitrogens with zero attached hydrogens (tertiary/aromatic N) is 4. The Morgan fingerprint density at radius 1 is 1.20 bits per heavy atom. The second-order valence-electron chi connectivity index (χ2n) is 9.45. The van der Waals surface area contributed by atoms with E-state index in [0.717, 1.165) is 0 Å². The Morgan fingerprint density at radius 3 is 2.71 bits per heavy atom. The summed E-state index contributed by atoms with van der Waals surface area (Å²) in [5.41, 5.74) is 2.97. The molecule has 2 amide bonds. The summed E-state index contributed by atoms with van der Waals surface area (Å²) in [6.07, 6.45) is 4.82. The molecule has 0 atom stereocenters. The average molecular weight is 576 g/mol. The average Bonchev–Trinajstić information content (AvgIpc) is 3.62. The molecule has 14 heteroatoms. The maximum atomic E-state index is 13.3. The van der Waals surface area contributed by atoms with Crippen LogP contribution in [0.15, 0.2) is 59.8 Å². The number of anilines is 1. The number of hydrogen-bond acceptors (Lipinski definition) is 8. The number of aromatic nitrogens is 4. The fourth-order valence-electron chi connectivity index (χ4n) is 4.73. The van der Waals surface area contributed by atoms with Crippen molar-refractivity contribution in [2.45, 2.75) is 31.0 Å². The molecule has 2 aromatic heterocycles. The van der Waals surface area contributed by atoms with Crippen molar-refractivity contribution in [2.75, 3.05) is 11.9 Å². The molecule has 0 spiro atoms. The van der Waals surface area contributed by atoms with E-state index in [1.807, 2.05) is 0 Å². The van der Waals surface area contributed by atoms with Crippen molar-refractivity contribution in [1.29, 1.82) is 0 Å². The number of carbonyl (C=O) groups is 2. The lowest BCUT2D eigenvalue weighted by molar-refractivity contribution is -0.385. The van der Waals surface area contributed by atoms with Crippen LogP contribution in [0.1, 0.15) is 38.4 Å². The lowest BCUT2D eigenvalue weighted by atomic mass is 10.0. The van der Waals surface area contributed by atoms with Gasteiger partial charge in [-0.2, -0.15) is 0 Å². The molecule has 2 aromatic carbocycles.